The Morgan fingerprint density at radius 3 is 2.44 bits per heavy atom. The lowest BCUT2D eigenvalue weighted by atomic mass is 9.98. The molecule has 4 aliphatic rings. The summed E-state index contributed by atoms with van der Waals surface area (Å²) in [4.78, 5) is 60.4. The molecule has 1 N–H and O–H groups in total. The molecule has 66 heavy (non-hydrogen) atoms. The number of benzene rings is 1. The zero-order valence-corrected chi connectivity index (χ0v) is 37.2. The van der Waals surface area contributed by atoms with Crippen molar-refractivity contribution in [3.63, 3.8) is 0 Å². The van der Waals surface area contributed by atoms with Crippen LogP contribution in [0.5, 0.6) is 0 Å². The third-order valence-corrected chi connectivity index (χ3v) is 14.0. The van der Waals surface area contributed by atoms with Gasteiger partial charge in [-0.2, -0.15) is 10.5 Å². The van der Waals surface area contributed by atoms with E-state index >= 15 is 8.78 Å². The van der Waals surface area contributed by atoms with E-state index in [4.69, 9.17) is 48.4 Å². The van der Waals surface area contributed by atoms with E-state index in [1.165, 1.54) is 28.1 Å². The molecule has 10 atom stereocenters. The number of rotatable bonds is 13. The molecule has 1 amide bonds. The lowest BCUT2D eigenvalue weighted by Crippen LogP contribution is -2.38. The van der Waals surface area contributed by atoms with E-state index in [-0.39, 0.29) is 84.8 Å². The summed E-state index contributed by atoms with van der Waals surface area (Å²) in [5, 5.41) is 21.4. The van der Waals surface area contributed by atoms with Crippen molar-refractivity contribution in [3.05, 3.63) is 60.6 Å². The molecule has 0 spiro atoms. The molecule has 348 valence electrons. The minimum absolute atomic E-state index is 0.0118. The number of hydrogen-bond donors (Lipinski definition) is 1. The highest BCUT2D eigenvalue weighted by Crippen LogP contribution is 2.62. The highest BCUT2D eigenvalue weighted by atomic mass is 32.5. The molecule has 3 unspecified atom stereocenters. The number of anilines is 1. The second-order valence-corrected chi connectivity index (χ2v) is 19.3. The first-order chi connectivity index (χ1) is 31.7. The second kappa shape index (κ2) is 20.2. The first kappa shape index (κ1) is 47.6. The maximum absolute atomic E-state index is 17.2. The molecule has 3 aromatic heterocycles. The van der Waals surface area contributed by atoms with Crippen LogP contribution in [0, 0.1) is 28.6 Å². The van der Waals surface area contributed by atoms with E-state index in [2.05, 4.69) is 30.2 Å². The molecule has 27 heteroatoms. The van der Waals surface area contributed by atoms with Gasteiger partial charge in [0.05, 0.1) is 57.3 Å². The molecule has 0 saturated carbocycles. The number of carbonyl (C=O) groups excluding carboxylic acids is 3. The molecular weight excluding hydrogens is 927 g/mol. The Balaban J connectivity index is 1.10. The summed E-state index contributed by atoms with van der Waals surface area (Å²) in [6.07, 6.45) is -9.41. The molecular formula is C39H43BF2N10O11P2S. The molecule has 3 saturated heterocycles. The standard InChI is InChI=1S/C39H43BF2N10O11P2S/c1-21(2)24(53)14-23-15-25(54)30-36(49-23)52(19-47-30)39-29(42)33-26(60-39)16-58-64(40,56-12-6-10-43)62-32-27(17-59-65(66,63-33)57-13-7-11-44)61-38(28(32)41)51-20-48-31-34(45-18-46-35(31)51)50-37(55)22-8-4-3-5-9-22/h3-5,8-9,18-21,26-29,32-33,38-39H,6-7,12-17H2,1-2,40H3,(H,45,46,50,55)/t26-,27?,28-,29-,32-,33-,38-,39-,64?,65?/m1/s1. The number of aliphatic imine (C=N–C) groups is 1. The van der Waals surface area contributed by atoms with Crippen molar-refractivity contribution >= 4 is 79.9 Å². The van der Waals surface area contributed by atoms with Crippen molar-refractivity contribution in [1.29, 1.82) is 10.5 Å². The van der Waals surface area contributed by atoms with Crippen molar-refractivity contribution < 1.29 is 59.8 Å². The summed E-state index contributed by atoms with van der Waals surface area (Å²) >= 11 is 5.82. The van der Waals surface area contributed by atoms with Gasteiger partial charge in [0, 0.05) is 23.6 Å². The number of nitrogens with zero attached hydrogens (tertiary/aromatic N) is 9. The number of nitrogens with one attached hydrogen (secondary N) is 1. The van der Waals surface area contributed by atoms with Gasteiger partial charge in [0.15, 0.2) is 65.2 Å². The summed E-state index contributed by atoms with van der Waals surface area (Å²) in [5.74, 6) is -1.26. The molecule has 0 bridgehead atoms. The second-order valence-electron chi connectivity index (χ2n) is 15.2. The summed E-state index contributed by atoms with van der Waals surface area (Å²) in [6.45, 7) is -2.01. The number of ketones is 2. The Morgan fingerprint density at radius 1 is 1.00 bits per heavy atom. The van der Waals surface area contributed by atoms with E-state index in [1.807, 2.05) is 12.1 Å². The zero-order valence-electron chi connectivity index (χ0n) is 34.5. The maximum Gasteiger partial charge on any atom is 0.327 e. The van der Waals surface area contributed by atoms with Gasteiger partial charge in [-0.1, -0.05) is 32.0 Å². The Hall–Kier alpha value is -4.88. The minimum Gasteiger partial charge on any atom is -0.346 e. The molecule has 0 radical (unpaired) electrons. The lowest BCUT2D eigenvalue weighted by molar-refractivity contribution is -0.120. The topological polar surface area (TPSA) is 258 Å². The van der Waals surface area contributed by atoms with E-state index in [1.54, 1.807) is 44.2 Å². The number of halogens is 2. The number of Topliss-reactive ketones (excluding diaryl/α,β-unsaturated/α-hetero) is 2. The number of nitriles is 2. The van der Waals surface area contributed by atoms with Crippen LogP contribution < -0.4 is 5.32 Å². The number of hydrogen-bond acceptors (Lipinski definition) is 19. The Bertz CT molecular complexity index is 2650. The van der Waals surface area contributed by atoms with Crippen molar-refractivity contribution in [2.75, 3.05) is 31.7 Å². The summed E-state index contributed by atoms with van der Waals surface area (Å²) in [5.41, 5.74) is 0.862. The smallest absolute Gasteiger partial charge is 0.327 e. The molecule has 21 nitrogen and oxygen atoms in total. The molecule has 1 aromatic carbocycles. The molecule has 7 heterocycles. The van der Waals surface area contributed by atoms with Crippen molar-refractivity contribution in [1.82, 2.24) is 29.1 Å². The predicted molar refractivity (Wildman–Crippen MR) is 235 cm³/mol. The largest absolute Gasteiger partial charge is 0.346 e. The van der Waals surface area contributed by atoms with Gasteiger partial charge in [-0.25, -0.2) is 47.3 Å². The van der Waals surface area contributed by atoms with E-state index in [0.717, 1.165) is 0 Å². The van der Waals surface area contributed by atoms with Crippen LogP contribution in [-0.4, -0.2) is 123 Å². The highest BCUT2D eigenvalue weighted by Gasteiger charge is 2.56. The minimum atomic E-state index is -4.08. The highest BCUT2D eigenvalue weighted by molar-refractivity contribution is 8.07. The van der Waals surface area contributed by atoms with Gasteiger partial charge in [0.25, 0.3) is 5.91 Å². The van der Waals surface area contributed by atoms with Crippen LogP contribution in [0.2, 0.25) is 0 Å². The third kappa shape index (κ3) is 10.0. The van der Waals surface area contributed by atoms with Crippen LogP contribution in [0.3, 0.4) is 0 Å². The van der Waals surface area contributed by atoms with E-state index in [9.17, 15) is 24.9 Å². The van der Waals surface area contributed by atoms with Crippen LogP contribution in [-0.2, 0) is 53.2 Å². The van der Waals surface area contributed by atoms with Crippen LogP contribution in [0.4, 0.5) is 20.4 Å². The van der Waals surface area contributed by atoms with Gasteiger partial charge in [-0.05, 0) is 23.9 Å². The number of fused-ring (bicyclic) bond motifs is 4. The molecule has 8 rings (SSSR count). The fourth-order valence-corrected chi connectivity index (χ4v) is 10.4. The quantitative estimate of drug-likeness (QED) is 0.108. The Morgan fingerprint density at radius 2 is 1.70 bits per heavy atom. The van der Waals surface area contributed by atoms with Gasteiger partial charge in [-0.3, -0.25) is 28.0 Å². The fourth-order valence-electron chi connectivity index (χ4n) is 7.18. The van der Waals surface area contributed by atoms with Crippen molar-refractivity contribution in [2.45, 2.75) is 88.7 Å². The molecule has 3 fully saturated rings. The fraction of sp³-hybridized carbons (Fsp3) is 0.487. The van der Waals surface area contributed by atoms with Crippen molar-refractivity contribution in [3.8, 4) is 12.1 Å². The van der Waals surface area contributed by atoms with E-state index < -0.39 is 96.2 Å². The first-order valence-corrected chi connectivity index (χ1v) is 23.9. The predicted octanol–water partition coefficient (Wildman–Crippen LogP) is 4.67. The summed E-state index contributed by atoms with van der Waals surface area (Å²) in [6, 6.07) is 12.4. The van der Waals surface area contributed by atoms with Crippen molar-refractivity contribution in [2.24, 2.45) is 10.9 Å². The zero-order chi connectivity index (χ0) is 46.8. The molecule has 4 aromatic rings. The van der Waals surface area contributed by atoms with Gasteiger partial charge in [0.2, 0.25) is 15.4 Å². The van der Waals surface area contributed by atoms with Gasteiger partial charge < -0.3 is 23.8 Å². The third-order valence-electron chi connectivity index (χ3n) is 10.5. The lowest BCUT2D eigenvalue weighted by Gasteiger charge is -2.33. The number of amides is 1. The van der Waals surface area contributed by atoms with Gasteiger partial charge in [-0.15, -0.1) is 0 Å². The van der Waals surface area contributed by atoms with Gasteiger partial charge in [0.1, 0.15) is 43.6 Å². The average molecular weight is 971 g/mol. The SMILES string of the molecule is [BH3-][P+]1(OCCC#N)OC[C@H]2O[C@@H](n3cnc4c3N=C(CC(=O)C(C)C)CC4=O)[C@H](F)[C@@H]2OP(=S)(OCCC#N)OCC2O[C@@H](n3cnc4c(NC(=O)c5ccccc5)ncnc43)[C@H](F)[C@@H]2O1. The number of carbonyl (C=O) groups is 3. The first-order valence-electron chi connectivity index (χ1n) is 20.2. The summed E-state index contributed by atoms with van der Waals surface area (Å²) < 4.78 is 86.8. The summed E-state index contributed by atoms with van der Waals surface area (Å²) in [7, 11) is -4.63. The van der Waals surface area contributed by atoms with Crippen LogP contribution >= 0.6 is 14.5 Å². The number of ether oxygens (including phenoxy) is 2. The number of alkyl halides is 2. The Kier molecular flexibility index (Phi) is 14.5. The van der Waals surface area contributed by atoms with Crippen LogP contribution in [0.1, 0.15) is 72.8 Å². The number of aromatic nitrogens is 6. The monoisotopic (exact) mass is 970 g/mol. The Labute approximate surface area is 382 Å². The molecule has 0 aliphatic carbocycles. The maximum atomic E-state index is 17.2. The van der Waals surface area contributed by atoms with Crippen LogP contribution in [0.15, 0.2) is 54.3 Å². The van der Waals surface area contributed by atoms with Crippen LogP contribution in [0.25, 0.3) is 11.2 Å². The average Bonchev–Trinajstić information content (AvgIpc) is 4.07. The molecule has 4 aliphatic heterocycles. The van der Waals surface area contributed by atoms with E-state index in [0.29, 0.717) is 5.56 Å². The van der Waals surface area contributed by atoms with Gasteiger partial charge >= 0.3 is 6.72 Å². The number of imidazole rings is 2. The normalized spacial score (nSPS) is 30.0.